The quantitative estimate of drug-likeness (QED) is 0.0646. The maximum absolute atomic E-state index is 12.7. The summed E-state index contributed by atoms with van der Waals surface area (Å²) in [5.41, 5.74) is 5.55. The second-order valence-corrected chi connectivity index (χ2v) is 33.4. The zero-order chi connectivity index (χ0) is 75.8. The lowest BCUT2D eigenvalue weighted by molar-refractivity contribution is -0.280. The highest BCUT2D eigenvalue weighted by molar-refractivity contribution is 7.48. The number of carbonyl (C=O) groups excluding carboxylic acids is 2. The summed E-state index contributed by atoms with van der Waals surface area (Å²) >= 11 is 25.1. The Kier molecular flexibility index (Phi) is 29.6. The molecule has 8 fully saturated rings. The topological polar surface area (TPSA) is 201 Å². The summed E-state index contributed by atoms with van der Waals surface area (Å²) in [5, 5.41) is 11.7. The molecule has 0 unspecified atom stereocenters. The molecule has 23 heteroatoms. The van der Waals surface area contributed by atoms with Gasteiger partial charge in [0.15, 0.2) is 23.1 Å². The van der Waals surface area contributed by atoms with Crippen LogP contribution < -0.4 is 0 Å². The van der Waals surface area contributed by atoms with Gasteiger partial charge in [0.2, 0.25) is 0 Å². The van der Waals surface area contributed by atoms with E-state index in [1.54, 1.807) is 19.9 Å². The molecule has 20 atom stereocenters. The van der Waals surface area contributed by atoms with Gasteiger partial charge in [-0.2, -0.15) is 0 Å². The fraction of sp³-hybridized carbons (Fsp3) is 0.683. The molecule has 0 amide bonds. The molecule has 0 aliphatic carbocycles. The number of aliphatic hydroxyl groups excluding tert-OH is 1. The lowest BCUT2D eigenvalue weighted by Gasteiger charge is -2.49. The molecule has 18 nitrogen and oxygen atoms in total. The second kappa shape index (κ2) is 35.1. The minimum Gasteiger partial charge on any atom is -0.461 e. The van der Waals surface area contributed by atoms with Gasteiger partial charge < -0.3 is 57.2 Å². The van der Waals surface area contributed by atoms with Crippen molar-refractivity contribution in [3.05, 3.63) is 137 Å². The zero-order valence-corrected chi connectivity index (χ0v) is 68.0. The number of aliphatic hydroxyl groups is 1. The van der Waals surface area contributed by atoms with Crippen LogP contribution in [0.1, 0.15) is 217 Å². The number of hydrogen-bond donors (Lipinski definition) is 1. The molecule has 8 bridgehead atoms. The third-order valence-corrected chi connectivity index (χ3v) is 28.9. The summed E-state index contributed by atoms with van der Waals surface area (Å²) in [6.07, 6.45) is 2.91. The van der Waals surface area contributed by atoms with Gasteiger partial charge in [-0.25, -0.2) is 9.36 Å². The number of ether oxygens (including phenoxy) is 11. The summed E-state index contributed by atoms with van der Waals surface area (Å²) in [5.74, 6) is 0.820. The van der Waals surface area contributed by atoms with E-state index in [9.17, 15) is 19.3 Å². The molecule has 8 heterocycles. The minimum absolute atomic E-state index is 0. The van der Waals surface area contributed by atoms with Gasteiger partial charge in [0.25, 0.3) is 0 Å². The molecule has 0 aromatic heterocycles. The van der Waals surface area contributed by atoms with Crippen LogP contribution in [0.5, 0.6) is 0 Å². The van der Waals surface area contributed by atoms with Crippen molar-refractivity contribution in [2.24, 2.45) is 71.0 Å². The number of phosphoric ester groups is 1. The molecular weight excluding hydrogens is 1450 g/mol. The lowest BCUT2D eigenvalue weighted by Crippen LogP contribution is -2.53. The van der Waals surface area contributed by atoms with Gasteiger partial charge in [0.05, 0.1) is 82.4 Å². The Morgan fingerprint density at radius 3 is 0.952 bits per heavy atom. The van der Waals surface area contributed by atoms with Gasteiger partial charge in [0, 0.05) is 84.1 Å². The SMILES string of the molecule is C.C.CCOP(=O)(OCC)OCc1cc([C@]23OC[C@](CC)(O2)[C@@H](C)[C@H](C)[C@H]3C)ccc1Cl.CC[C@@]12CO[C@@](c3ccc(Cl)c(CO)c3)(O1)[C@H](C)[C@@H](C)[C@@H]2C.CC[C@@]12CO[C@@](c3ccc(Cl)c(COC(=O)OC)c3)(O1)[C@H](C)[C@@H](C)[C@@H]2C.CC[C@@]12CO[C@@](c3ccc(Cl)c(COC(C)=O)c3)(O1)[C@H](C)[C@@H](C)[C@@H]2C. The largest absolute Gasteiger partial charge is 0.508 e. The monoisotopic (exact) mass is 1560 g/mol. The molecule has 0 spiro atoms. The number of phosphoric acid groups is 1. The van der Waals surface area contributed by atoms with Crippen molar-refractivity contribution in [3.8, 4) is 0 Å². The highest BCUT2D eigenvalue weighted by Crippen LogP contribution is 2.63. The molecule has 590 valence electrons. The third-order valence-electron chi connectivity index (χ3n) is 25.8. The number of benzene rings is 4. The molecule has 4 aromatic rings. The highest BCUT2D eigenvalue weighted by Gasteiger charge is 2.67. The van der Waals surface area contributed by atoms with Crippen molar-refractivity contribution in [2.45, 2.75) is 244 Å². The molecule has 8 saturated heterocycles. The number of fused-ring (bicyclic) bond motifs is 8. The molecule has 0 radical (unpaired) electrons. The van der Waals surface area contributed by atoms with Crippen molar-refractivity contribution >= 4 is 66.4 Å². The van der Waals surface area contributed by atoms with E-state index in [1.165, 1.54) is 14.0 Å². The van der Waals surface area contributed by atoms with Crippen LogP contribution in [0.25, 0.3) is 0 Å². The Bertz CT molecular complexity index is 3670. The van der Waals surface area contributed by atoms with Gasteiger partial charge in [-0.15, -0.1) is 0 Å². The van der Waals surface area contributed by atoms with Crippen molar-refractivity contribution in [2.75, 3.05) is 46.8 Å². The second-order valence-electron chi connectivity index (χ2n) is 30.1. The average molecular weight is 1570 g/mol. The first kappa shape index (κ1) is 88.7. The summed E-state index contributed by atoms with van der Waals surface area (Å²) in [4.78, 5) is 22.4. The van der Waals surface area contributed by atoms with Crippen LogP contribution in [0.15, 0.2) is 72.8 Å². The molecule has 8 aliphatic heterocycles. The van der Waals surface area contributed by atoms with E-state index in [-0.39, 0.29) is 107 Å². The van der Waals surface area contributed by atoms with Crippen LogP contribution in [0.2, 0.25) is 20.1 Å². The number of methoxy groups -OCH3 is 1. The number of hydrogen-bond acceptors (Lipinski definition) is 18. The molecule has 4 aromatic carbocycles. The van der Waals surface area contributed by atoms with Crippen LogP contribution in [0.3, 0.4) is 0 Å². The van der Waals surface area contributed by atoms with Crippen LogP contribution in [0, 0.1) is 71.0 Å². The molecular formula is C82H121Cl4O18P. The molecule has 0 saturated carbocycles. The Morgan fingerprint density at radius 1 is 0.429 bits per heavy atom. The van der Waals surface area contributed by atoms with Crippen LogP contribution in [-0.2, 0) is 125 Å². The van der Waals surface area contributed by atoms with Crippen molar-refractivity contribution in [1.29, 1.82) is 0 Å². The van der Waals surface area contributed by atoms with E-state index < -0.39 is 37.1 Å². The smallest absolute Gasteiger partial charge is 0.461 e. The van der Waals surface area contributed by atoms with E-state index in [4.69, 9.17) is 107 Å². The number of carbonyl (C=O) groups is 2. The Morgan fingerprint density at radius 2 is 0.695 bits per heavy atom. The fourth-order valence-electron chi connectivity index (χ4n) is 17.4. The van der Waals surface area contributed by atoms with Crippen LogP contribution in [-0.4, -0.2) is 86.4 Å². The van der Waals surface area contributed by atoms with Crippen molar-refractivity contribution in [3.63, 3.8) is 0 Å². The predicted molar refractivity (Wildman–Crippen MR) is 410 cm³/mol. The first-order valence-corrected chi connectivity index (χ1v) is 40.1. The summed E-state index contributed by atoms with van der Waals surface area (Å²) < 4.78 is 95.3. The van der Waals surface area contributed by atoms with Crippen LogP contribution >= 0.6 is 54.2 Å². The van der Waals surface area contributed by atoms with Gasteiger partial charge in [-0.1, -0.05) is 196 Å². The Labute approximate surface area is 646 Å². The lowest BCUT2D eigenvalue weighted by atomic mass is 9.68. The summed E-state index contributed by atoms with van der Waals surface area (Å²) in [6, 6.07) is 22.8. The van der Waals surface area contributed by atoms with E-state index in [2.05, 4.69) is 116 Å². The maximum atomic E-state index is 12.7. The summed E-state index contributed by atoms with van der Waals surface area (Å²) in [6.45, 7) is 43.3. The maximum Gasteiger partial charge on any atom is 0.508 e. The normalized spacial score (nSPS) is 36.0. The van der Waals surface area contributed by atoms with E-state index in [0.29, 0.717) is 111 Å². The Balaban J connectivity index is 0.000000195. The van der Waals surface area contributed by atoms with E-state index in [1.807, 2.05) is 66.7 Å². The van der Waals surface area contributed by atoms with E-state index >= 15 is 0 Å². The summed E-state index contributed by atoms with van der Waals surface area (Å²) in [7, 11) is -2.36. The van der Waals surface area contributed by atoms with E-state index in [0.717, 1.165) is 53.5 Å². The minimum atomic E-state index is -3.63. The first-order chi connectivity index (χ1) is 48.6. The van der Waals surface area contributed by atoms with Crippen molar-refractivity contribution < 1.29 is 84.9 Å². The molecule has 8 aliphatic rings. The number of halogens is 4. The number of esters is 1. The predicted octanol–water partition coefficient (Wildman–Crippen LogP) is 21.2. The van der Waals surface area contributed by atoms with Crippen LogP contribution in [0.4, 0.5) is 4.79 Å². The van der Waals surface area contributed by atoms with Gasteiger partial charge in [-0.3, -0.25) is 18.4 Å². The van der Waals surface area contributed by atoms with Crippen molar-refractivity contribution in [1.82, 2.24) is 0 Å². The Hall–Kier alpha value is -3.47. The standard InChI is InChI=1S/C22H34ClO6P.C20H27ClO5.C20H27ClO4.C18H25ClO3.2CH4/c1-7-21-14-25-22(29-21,17(6)15(4)16(21)5)19-10-11-20(23)18(12-19)13-28-30(24,26-8-2)27-9-3;1-6-19-11-25-20(26-19,14(4)12(2)13(19)3)16-7-8-17(21)15(9-16)10-24-18(22)23-5;1-6-19-11-24-20(25-19,14(4)12(2)13(19)3)17-7-8-18(21)16(9-17)10-23-15(5)22;1-5-17-10-21-18(22-17,13(4)11(2)12(17)3)15-6-7-16(19)14(8-15)9-20;;/h10-12,15-17H,7-9,13-14H2,1-6H3;7-9,12-14H,6,10-11H2,1-5H3;7-9,12-14H,6,10-11H2,1-5H3;6-8,11-13,20H,5,9-10H2,1-4H3;2*1H4/t15-,16-,17+,21-,22+;2*12-,13-,14+,19-,20+;11-,12-,13+,17-,18+;;/m0000../s1. The average Bonchev–Trinajstić information content (AvgIpc) is 1.60. The zero-order valence-electron chi connectivity index (χ0n) is 64.1. The molecule has 1 N–H and O–H groups in total. The third kappa shape index (κ3) is 16.3. The number of rotatable bonds is 20. The highest BCUT2D eigenvalue weighted by atomic mass is 35.5. The molecule has 105 heavy (non-hydrogen) atoms. The van der Waals surface area contributed by atoms with Gasteiger partial charge in [0.1, 0.15) is 13.2 Å². The fourth-order valence-corrected chi connectivity index (χ4v) is 19.2. The molecule has 12 rings (SSSR count). The first-order valence-electron chi connectivity index (χ1n) is 37.1. The van der Waals surface area contributed by atoms with Gasteiger partial charge >= 0.3 is 19.9 Å². The van der Waals surface area contributed by atoms with Gasteiger partial charge in [-0.05, 0) is 147 Å².